The summed E-state index contributed by atoms with van der Waals surface area (Å²) in [7, 11) is 0. The van der Waals surface area contributed by atoms with Gasteiger partial charge in [0.05, 0.1) is 23.8 Å². The second-order valence-corrected chi connectivity index (χ2v) is 9.36. The summed E-state index contributed by atoms with van der Waals surface area (Å²) in [5, 5.41) is 13.9. The first kappa shape index (κ1) is 18.3. The molecule has 3 aromatic heterocycles. The molecule has 0 spiro atoms. The Morgan fingerprint density at radius 2 is 2.11 bits per heavy atom. The van der Waals surface area contributed by atoms with Crippen molar-refractivity contribution in [1.29, 1.82) is 0 Å². The molecule has 8 nitrogen and oxygen atoms in total. The van der Waals surface area contributed by atoms with Gasteiger partial charge in [0.2, 0.25) is 5.16 Å². The minimum absolute atomic E-state index is 0.201. The lowest BCUT2D eigenvalue weighted by Gasteiger charge is -2.10. The van der Waals surface area contributed by atoms with Crippen molar-refractivity contribution in [2.24, 2.45) is 0 Å². The second-order valence-electron chi connectivity index (χ2n) is 7.34. The topological polar surface area (TPSA) is 105 Å². The Morgan fingerprint density at radius 1 is 1.18 bits per heavy atom. The van der Waals surface area contributed by atoms with Crippen molar-refractivity contribution >= 4 is 39.1 Å². The SMILES string of the molecule is Nc1nc(CSc2nnnn2C[C@H]2CCCO2)nc2sc3c(c12)CCCCC3. The quantitative estimate of drug-likeness (QED) is 0.499. The molecule has 1 aliphatic heterocycles. The first-order chi connectivity index (χ1) is 13.8. The molecule has 1 aliphatic carbocycles. The highest BCUT2D eigenvalue weighted by Crippen LogP contribution is 2.37. The van der Waals surface area contributed by atoms with Crippen molar-refractivity contribution < 1.29 is 4.74 Å². The van der Waals surface area contributed by atoms with E-state index in [0.29, 0.717) is 18.1 Å². The van der Waals surface area contributed by atoms with E-state index in [-0.39, 0.29) is 6.10 Å². The Balaban J connectivity index is 1.34. The lowest BCUT2D eigenvalue weighted by atomic mass is 10.1. The number of rotatable bonds is 5. The van der Waals surface area contributed by atoms with E-state index in [9.17, 15) is 0 Å². The largest absolute Gasteiger partial charge is 0.383 e. The van der Waals surface area contributed by atoms with Gasteiger partial charge in [0.25, 0.3) is 0 Å². The van der Waals surface area contributed by atoms with Gasteiger partial charge < -0.3 is 10.5 Å². The molecule has 0 unspecified atom stereocenters. The molecule has 148 valence electrons. The highest BCUT2D eigenvalue weighted by atomic mass is 32.2. The number of thioether (sulfide) groups is 1. The zero-order chi connectivity index (χ0) is 18.9. The van der Waals surface area contributed by atoms with E-state index in [1.165, 1.54) is 29.7 Å². The van der Waals surface area contributed by atoms with Gasteiger partial charge in [-0.15, -0.1) is 16.4 Å². The summed E-state index contributed by atoms with van der Waals surface area (Å²) in [4.78, 5) is 11.9. The number of hydrogen-bond donors (Lipinski definition) is 1. The fourth-order valence-corrected chi connectivity index (χ4v) is 6.03. The zero-order valence-corrected chi connectivity index (χ0v) is 17.3. The van der Waals surface area contributed by atoms with Crippen LogP contribution in [0.3, 0.4) is 0 Å². The van der Waals surface area contributed by atoms with Gasteiger partial charge in [-0.05, 0) is 54.5 Å². The highest BCUT2D eigenvalue weighted by molar-refractivity contribution is 7.98. The van der Waals surface area contributed by atoms with Crippen molar-refractivity contribution in [3.8, 4) is 0 Å². The number of nitrogen functional groups attached to an aromatic ring is 1. The van der Waals surface area contributed by atoms with E-state index < -0.39 is 0 Å². The molecular formula is C18H23N7OS2. The van der Waals surface area contributed by atoms with Crippen LogP contribution >= 0.6 is 23.1 Å². The van der Waals surface area contributed by atoms with Gasteiger partial charge >= 0.3 is 0 Å². The van der Waals surface area contributed by atoms with Gasteiger partial charge in [-0.25, -0.2) is 14.6 Å². The third-order valence-corrected chi connectivity index (χ3v) is 7.51. The number of tetrazole rings is 1. The van der Waals surface area contributed by atoms with Crippen molar-refractivity contribution in [1.82, 2.24) is 30.2 Å². The van der Waals surface area contributed by atoms with Gasteiger partial charge in [-0.3, -0.25) is 0 Å². The molecule has 0 aromatic carbocycles. The first-order valence-corrected chi connectivity index (χ1v) is 11.7. The van der Waals surface area contributed by atoms with Gasteiger partial charge in [-0.2, -0.15) is 0 Å². The molecule has 0 amide bonds. The third-order valence-electron chi connectivity index (χ3n) is 5.37. The average Bonchev–Trinajstić information content (AvgIpc) is 3.39. The van der Waals surface area contributed by atoms with Crippen LogP contribution in [-0.2, 0) is 29.9 Å². The summed E-state index contributed by atoms with van der Waals surface area (Å²) in [5.41, 5.74) is 7.73. The molecule has 0 radical (unpaired) electrons. The van der Waals surface area contributed by atoms with Crippen LogP contribution in [0.4, 0.5) is 5.82 Å². The number of aryl methyl sites for hydroxylation is 2. The third kappa shape index (κ3) is 3.60. The zero-order valence-electron chi connectivity index (χ0n) is 15.6. The predicted molar refractivity (Wildman–Crippen MR) is 109 cm³/mol. The Kier molecular flexibility index (Phi) is 5.17. The number of anilines is 1. The van der Waals surface area contributed by atoms with Gasteiger partial charge in [0.1, 0.15) is 16.5 Å². The van der Waals surface area contributed by atoms with Crippen LogP contribution in [0, 0.1) is 0 Å². The lowest BCUT2D eigenvalue weighted by Crippen LogP contribution is -2.16. The molecule has 0 saturated carbocycles. The molecule has 0 bridgehead atoms. The molecule has 1 fully saturated rings. The van der Waals surface area contributed by atoms with Crippen molar-refractivity contribution in [2.45, 2.75) is 68.5 Å². The van der Waals surface area contributed by atoms with E-state index in [2.05, 4.69) is 20.5 Å². The van der Waals surface area contributed by atoms with Gasteiger partial charge in [0.15, 0.2) is 0 Å². The summed E-state index contributed by atoms with van der Waals surface area (Å²) in [6.07, 6.45) is 8.36. The molecule has 10 heteroatoms. The normalized spacial score (nSPS) is 19.8. The summed E-state index contributed by atoms with van der Waals surface area (Å²) in [5.74, 6) is 1.94. The minimum Gasteiger partial charge on any atom is -0.383 e. The molecule has 1 atom stereocenters. The number of hydrogen-bond acceptors (Lipinski definition) is 9. The van der Waals surface area contributed by atoms with Crippen LogP contribution in [0.5, 0.6) is 0 Å². The van der Waals surface area contributed by atoms with Crippen LogP contribution < -0.4 is 5.73 Å². The molecule has 2 aliphatic rings. The van der Waals surface area contributed by atoms with E-state index in [1.807, 2.05) is 4.68 Å². The van der Waals surface area contributed by atoms with Crippen molar-refractivity contribution in [3.05, 3.63) is 16.3 Å². The Hall–Kier alpha value is -1.78. The lowest BCUT2D eigenvalue weighted by molar-refractivity contribution is 0.0912. The van der Waals surface area contributed by atoms with Gasteiger partial charge in [0, 0.05) is 11.5 Å². The number of ether oxygens (including phenoxy) is 1. The molecule has 5 rings (SSSR count). The van der Waals surface area contributed by atoms with E-state index in [4.69, 9.17) is 15.5 Å². The number of thiophene rings is 1. The van der Waals surface area contributed by atoms with Crippen LogP contribution in [0.1, 0.15) is 48.4 Å². The van der Waals surface area contributed by atoms with Crippen LogP contribution in [-0.4, -0.2) is 42.9 Å². The fourth-order valence-electron chi connectivity index (χ4n) is 4.00. The molecule has 28 heavy (non-hydrogen) atoms. The fraction of sp³-hybridized carbons (Fsp3) is 0.611. The summed E-state index contributed by atoms with van der Waals surface area (Å²) < 4.78 is 7.51. The number of aromatic nitrogens is 6. The van der Waals surface area contributed by atoms with Crippen LogP contribution in [0.15, 0.2) is 5.16 Å². The average molecular weight is 418 g/mol. The van der Waals surface area contributed by atoms with Crippen LogP contribution in [0.2, 0.25) is 0 Å². The number of fused-ring (bicyclic) bond motifs is 3. The first-order valence-electron chi connectivity index (χ1n) is 9.85. The van der Waals surface area contributed by atoms with Crippen molar-refractivity contribution in [3.63, 3.8) is 0 Å². The van der Waals surface area contributed by atoms with Gasteiger partial charge in [-0.1, -0.05) is 18.2 Å². The highest BCUT2D eigenvalue weighted by Gasteiger charge is 2.21. The standard InChI is InChI=1S/C18H23N7OS2/c19-16-15-12-6-2-1-3-7-13(12)28-17(15)21-14(20-16)10-27-18-22-23-24-25(18)9-11-5-4-8-26-11/h11H,1-10H2,(H2,19,20,21)/t11-/m1/s1. The van der Waals surface area contributed by atoms with E-state index >= 15 is 0 Å². The molecule has 1 saturated heterocycles. The minimum atomic E-state index is 0.201. The monoisotopic (exact) mass is 417 g/mol. The summed E-state index contributed by atoms with van der Waals surface area (Å²) in [6.45, 7) is 1.52. The van der Waals surface area contributed by atoms with E-state index in [1.54, 1.807) is 23.1 Å². The maximum Gasteiger partial charge on any atom is 0.209 e. The summed E-state index contributed by atoms with van der Waals surface area (Å²) in [6, 6.07) is 0. The van der Waals surface area contributed by atoms with Crippen molar-refractivity contribution in [2.75, 3.05) is 12.3 Å². The molecule has 4 heterocycles. The number of nitrogens with zero attached hydrogens (tertiary/aromatic N) is 6. The van der Waals surface area contributed by atoms with E-state index in [0.717, 1.165) is 53.5 Å². The maximum absolute atomic E-state index is 6.35. The summed E-state index contributed by atoms with van der Waals surface area (Å²) >= 11 is 3.33. The van der Waals surface area contributed by atoms with Crippen LogP contribution in [0.25, 0.3) is 10.2 Å². The molecular weight excluding hydrogens is 394 g/mol. The molecule has 2 N–H and O–H groups in total. The second kappa shape index (κ2) is 7.92. The maximum atomic E-state index is 6.35. The Bertz CT molecular complexity index is 980. The predicted octanol–water partition coefficient (Wildman–Crippen LogP) is 3.00. The Morgan fingerprint density at radius 3 is 3.00 bits per heavy atom. The number of nitrogens with two attached hydrogens (primary N) is 1. The molecule has 3 aromatic rings. The Labute approximate surface area is 171 Å². The smallest absolute Gasteiger partial charge is 0.209 e.